The van der Waals surface area contributed by atoms with Crippen molar-refractivity contribution < 1.29 is 0 Å². The first-order valence-electron chi connectivity index (χ1n) is 5.87. The van der Waals surface area contributed by atoms with Gasteiger partial charge in [-0.2, -0.15) is 0 Å². The predicted octanol–water partition coefficient (Wildman–Crippen LogP) is 2.57. The third kappa shape index (κ3) is 5.64. The average Bonchev–Trinajstić information content (AvgIpc) is 2.25. The predicted molar refractivity (Wildman–Crippen MR) is 73.6 cm³/mol. The van der Waals surface area contributed by atoms with E-state index in [9.17, 15) is 0 Å². The van der Waals surface area contributed by atoms with Crippen molar-refractivity contribution in [2.75, 3.05) is 19.6 Å². The van der Waals surface area contributed by atoms with Crippen LogP contribution in [0.2, 0.25) is 0 Å². The fourth-order valence-corrected chi connectivity index (χ4v) is 2.11. The van der Waals surface area contributed by atoms with Gasteiger partial charge in [-0.3, -0.25) is 0 Å². The SMILES string of the molecule is CC(CCN)CNCCc1cccc(Br)c1. The van der Waals surface area contributed by atoms with E-state index < -0.39 is 0 Å². The number of rotatable bonds is 7. The Morgan fingerprint density at radius 3 is 2.94 bits per heavy atom. The van der Waals surface area contributed by atoms with Crippen LogP contribution in [0.5, 0.6) is 0 Å². The van der Waals surface area contributed by atoms with Gasteiger partial charge in [0.1, 0.15) is 0 Å². The molecule has 0 bridgehead atoms. The highest BCUT2D eigenvalue weighted by Crippen LogP contribution is 2.11. The first-order valence-corrected chi connectivity index (χ1v) is 6.67. The second-order valence-corrected chi connectivity index (χ2v) is 5.18. The normalized spacial score (nSPS) is 12.7. The molecule has 1 aromatic rings. The number of hydrogen-bond acceptors (Lipinski definition) is 2. The number of benzene rings is 1. The summed E-state index contributed by atoms with van der Waals surface area (Å²) < 4.78 is 1.15. The van der Waals surface area contributed by atoms with Crippen molar-refractivity contribution in [2.45, 2.75) is 19.8 Å². The van der Waals surface area contributed by atoms with Crippen LogP contribution in [-0.4, -0.2) is 19.6 Å². The first-order chi connectivity index (χ1) is 7.72. The molecule has 0 fully saturated rings. The Bertz CT molecular complexity index is 302. The summed E-state index contributed by atoms with van der Waals surface area (Å²) in [6.07, 6.45) is 2.18. The van der Waals surface area contributed by atoms with Gasteiger partial charge in [0, 0.05) is 4.47 Å². The van der Waals surface area contributed by atoms with Gasteiger partial charge in [-0.1, -0.05) is 35.0 Å². The average molecular weight is 285 g/mol. The van der Waals surface area contributed by atoms with E-state index in [4.69, 9.17) is 5.73 Å². The zero-order valence-corrected chi connectivity index (χ0v) is 11.5. The molecule has 0 heterocycles. The van der Waals surface area contributed by atoms with Crippen molar-refractivity contribution in [2.24, 2.45) is 11.7 Å². The molecule has 3 N–H and O–H groups in total. The van der Waals surface area contributed by atoms with Crippen LogP contribution in [0.1, 0.15) is 18.9 Å². The van der Waals surface area contributed by atoms with Crippen LogP contribution in [0.25, 0.3) is 0 Å². The van der Waals surface area contributed by atoms with Gasteiger partial charge in [-0.15, -0.1) is 0 Å². The molecule has 1 unspecified atom stereocenters. The Balaban J connectivity index is 2.16. The largest absolute Gasteiger partial charge is 0.330 e. The second kappa shape index (κ2) is 7.82. The zero-order chi connectivity index (χ0) is 11.8. The monoisotopic (exact) mass is 284 g/mol. The number of hydrogen-bond donors (Lipinski definition) is 2. The van der Waals surface area contributed by atoms with E-state index in [1.807, 2.05) is 0 Å². The molecule has 0 saturated carbocycles. The summed E-state index contributed by atoms with van der Waals surface area (Å²) in [7, 11) is 0. The summed E-state index contributed by atoms with van der Waals surface area (Å²) in [4.78, 5) is 0. The molecule has 0 aliphatic carbocycles. The lowest BCUT2D eigenvalue weighted by atomic mass is 10.1. The van der Waals surface area contributed by atoms with Gasteiger partial charge in [0.05, 0.1) is 0 Å². The van der Waals surface area contributed by atoms with Crippen molar-refractivity contribution in [3.05, 3.63) is 34.3 Å². The molecule has 90 valence electrons. The highest BCUT2D eigenvalue weighted by atomic mass is 79.9. The van der Waals surface area contributed by atoms with Gasteiger partial charge in [-0.25, -0.2) is 0 Å². The van der Waals surface area contributed by atoms with Crippen molar-refractivity contribution in [1.82, 2.24) is 5.32 Å². The maximum absolute atomic E-state index is 5.51. The van der Waals surface area contributed by atoms with Crippen molar-refractivity contribution in [1.29, 1.82) is 0 Å². The fraction of sp³-hybridized carbons (Fsp3) is 0.538. The van der Waals surface area contributed by atoms with Gasteiger partial charge in [0.2, 0.25) is 0 Å². The standard InChI is InChI=1S/C13H21BrN2/c1-11(5-7-15)10-16-8-6-12-3-2-4-13(14)9-12/h2-4,9,11,16H,5-8,10,15H2,1H3. The van der Waals surface area contributed by atoms with E-state index in [-0.39, 0.29) is 0 Å². The minimum atomic E-state index is 0.674. The van der Waals surface area contributed by atoms with Gasteiger partial charge in [0.25, 0.3) is 0 Å². The van der Waals surface area contributed by atoms with Crippen molar-refractivity contribution >= 4 is 15.9 Å². The van der Waals surface area contributed by atoms with Gasteiger partial charge in [-0.05, 0) is 56.1 Å². The molecule has 1 atom stereocenters. The highest BCUT2D eigenvalue weighted by molar-refractivity contribution is 9.10. The smallest absolute Gasteiger partial charge is 0.0178 e. The number of nitrogens with two attached hydrogens (primary N) is 1. The van der Waals surface area contributed by atoms with E-state index in [0.29, 0.717) is 5.92 Å². The third-order valence-corrected chi connectivity index (χ3v) is 3.12. The molecule has 1 rings (SSSR count). The summed E-state index contributed by atoms with van der Waals surface area (Å²) in [5, 5.41) is 3.47. The van der Waals surface area contributed by atoms with E-state index in [0.717, 1.165) is 36.9 Å². The molecule has 0 saturated heterocycles. The maximum Gasteiger partial charge on any atom is 0.0178 e. The Kier molecular flexibility index (Phi) is 6.69. The highest BCUT2D eigenvalue weighted by Gasteiger charge is 1.99. The third-order valence-electron chi connectivity index (χ3n) is 2.63. The summed E-state index contributed by atoms with van der Waals surface area (Å²) in [6, 6.07) is 8.47. The second-order valence-electron chi connectivity index (χ2n) is 4.27. The van der Waals surface area contributed by atoms with Crippen LogP contribution < -0.4 is 11.1 Å². The Morgan fingerprint density at radius 2 is 2.25 bits per heavy atom. The van der Waals surface area contributed by atoms with E-state index in [1.54, 1.807) is 0 Å². The molecular formula is C13H21BrN2. The van der Waals surface area contributed by atoms with Gasteiger partial charge >= 0.3 is 0 Å². The molecule has 16 heavy (non-hydrogen) atoms. The molecular weight excluding hydrogens is 264 g/mol. The van der Waals surface area contributed by atoms with Crippen LogP contribution in [0.3, 0.4) is 0 Å². The van der Waals surface area contributed by atoms with Crippen molar-refractivity contribution in [3.63, 3.8) is 0 Å². The lowest BCUT2D eigenvalue weighted by Gasteiger charge is -2.11. The molecule has 3 heteroatoms. The van der Waals surface area contributed by atoms with E-state index in [2.05, 4.69) is 52.4 Å². The molecule has 0 amide bonds. The fourth-order valence-electron chi connectivity index (χ4n) is 1.66. The molecule has 0 aliphatic rings. The molecule has 0 aromatic heterocycles. The van der Waals surface area contributed by atoms with Crippen LogP contribution in [0, 0.1) is 5.92 Å². The lowest BCUT2D eigenvalue weighted by molar-refractivity contribution is 0.489. The molecule has 2 nitrogen and oxygen atoms in total. The van der Waals surface area contributed by atoms with Gasteiger partial charge in [0.15, 0.2) is 0 Å². The molecule has 0 radical (unpaired) electrons. The minimum Gasteiger partial charge on any atom is -0.330 e. The van der Waals surface area contributed by atoms with Crippen LogP contribution >= 0.6 is 15.9 Å². The summed E-state index contributed by atoms with van der Waals surface area (Å²) in [5.41, 5.74) is 6.88. The summed E-state index contributed by atoms with van der Waals surface area (Å²) in [6.45, 7) is 5.12. The summed E-state index contributed by atoms with van der Waals surface area (Å²) in [5.74, 6) is 0.674. The molecule has 1 aromatic carbocycles. The van der Waals surface area contributed by atoms with Crippen LogP contribution in [0.4, 0.5) is 0 Å². The summed E-state index contributed by atoms with van der Waals surface area (Å²) >= 11 is 3.48. The molecule has 0 spiro atoms. The Morgan fingerprint density at radius 1 is 1.44 bits per heavy atom. The lowest BCUT2D eigenvalue weighted by Crippen LogP contribution is -2.24. The minimum absolute atomic E-state index is 0.674. The van der Waals surface area contributed by atoms with Crippen LogP contribution in [-0.2, 0) is 6.42 Å². The quantitative estimate of drug-likeness (QED) is 0.756. The molecule has 0 aliphatic heterocycles. The zero-order valence-electron chi connectivity index (χ0n) is 9.88. The van der Waals surface area contributed by atoms with Gasteiger partial charge < -0.3 is 11.1 Å². The Hall–Kier alpha value is -0.380. The van der Waals surface area contributed by atoms with E-state index >= 15 is 0 Å². The topological polar surface area (TPSA) is 38.0 Å². The van der Waals surface area contributed by atoms with Crippen LogP contribution in [0.15, 0.2) is 28.7 Å². The first kappa shape index (κ1) is 13.7. The Labute approximate surface area is 107 Å². The van der Waals surface area contributed by atoms with Crippen molar-refractivity contribution in [3.8, 4) is 0 Å². The van der Waals surface area contributed by atoms with E-state index in [1.165, 1.54) is 5.56 Å². The number of halogens is 1. The number of nitrogens with one attached hydrogen (secondary N) is 1. The maximum atomic E-state index is 5.51.